The lowest BCUT2D eigenvalue weighted by Crippen LogP contribution is -2.02. The zero-order valence-electron chi connectivity index (χ0n) is 10.4. The number of benzene rings is 1. The number of ether oxygens (including phenoxy) is 1. The van der Waals surface area contributed by atoms with E-state index in [-0.39, 0.29) is 6.61 Å². The van der Waals surface area contributed by atoms with Crippen molar-refractivity contribution in [3.8, 4) is 11.6 Å². The number of halogens is 1. The second kappa shape index (κ2) is 5.42. The van der Waals surface area contributed by atoms with Crippen molar-refractivity contribution in [2.45, 2.75) is 13.3 Å². The van der Waals surface area contributed by atoms with Crippen molar-refractivity contribution in [3.63, 3.8) is 0 Å². The monoisotopic (exact) mass is 266 g/mol. The molecule has 5 heteroatoms. The van der Waals surface area contributed by atoms with Crippen LogP contribution >= 0.6 is 11.6 Å². The number of nitrogens with zero attached hydrogens (tertiary/aromatic N) is 2. The van der Waals surface area contributed by atoms with E-state index < -0.39 is 0 Å². The van der Waals surface area contributed by atoms with Gasteiger partial charge >= 0.3 is 0 Å². The Balaban J connectivity index is 2.58. The van der Waals surface area contributed by atoms with Crippen LogP contribution in [-0.4, -0.2) is 28.6 Å². The molecule has 1 aromatic carbocycles. The average molecular weight is 267 g/mol. The summed E-state index contributed by atoms with van der Waals surface area (Å²) in [7, 11) is 1.59. The van der Waals surface area contributed by atoms with E-state index in [0.29, 0.717) is 17.3 Å². The van der Waals surface area contributed by atoms with Crippen LogP contribution in [0.15, 0.2) is 24.3 Å². The molecule has 2 aromatic rings. The number of aromatic nitrogens is 2. The topological polar surface area (TPSA) is 47.3 Å². The molecule has 0 spiro atoms. The van der Waals surface area contributed by atoms with Gasteiger partial charge in [0.15, 0.2) is 0 Å². The Hall–Kier alpha value is -1.52. The number of methoxy groups -OCH3 is 1. The number of para-hydroxylation sites is 1. The Morgan fingerprint density at radius 3 is 2.72 bits per heavy atom. The second-order valence-electron chi connectivity index (χ2n) is 3.91. The fourth-order valence-electron chi connectivity index (χ4n) is 1.93. The highest BCUT2D eigenvalue weighted by Crippen LogP contribution is 2.29. The number of aliphatic hydroxyl groups excluding tert-OH is 1. The first-order valence-electron chi connectivity index (χ1n) is 5.67. The van der Waals surface area contributed by atoms with Crippen LogP contribution in [0.5, 0.6) is 5.88 Å². The molecule has 0 bridgehead atoms. The molecule has 0 fully saturated rings. The summed E-state index contributed by atoms with van der Waals surface area (Å²) in [4.78, 5) is 0. The predicted molar refractivity (Wildman–Crippen MR) is 70.7 cm³/mol. The fourth-order valence-corrected chi connectivity index (χ4v) is 2.15. The van der Waals surface area contributed by atoms with Crippen LogP contribution in [0.3, 0.4) is 0 Å². The van der Waals surface area contributed by atoms with Crippen molar-refractivity contribution in [1.82, 2.24) is 9.78 Å². The maximum absolute atomic E-state index is 9.08. The highest BCUT2D eigenvalue weighted by molar-refractivity contribution is 6.32. The molecule has 96 valence electrons. The summed E-state index contributed by atoms with van der Waals surface area (Å²) in [6.07, 6.45) is 0.513. The Morgan fingerprint density at radius 1 is 1.39 bits per heavy atom. The molecular weight excluding hydrogens is 252 g/mol. The quantitative estimate of drug-likeness (QED) is 0.924. The maximum atomic E-state index is 9.08. The van der Waals surface area contributed by atoms with Gasteiger partial charge < -0.3 is 9.84 Å². The van der Waals surface area contributed by atoms with E-state index in [1.54, 1.807) is 17.9 Å². The van der Waals surface area contributed by atoms with Crippen LogP contribution < -0.4 is 4.74 Å². The van der Waals surface area contributed by atoms with Gasteiger partial charge in [0.2, 0.25) is 5.88 Å². The minimum atomic E-state index is 0.0609. The zero-order valence-corrected chi connectivity index (χ0v) is 11.1. The third-order valence-corrected chi connectivity index (χ3v) is 3.09. The molecule has 18 heavy (non-hydrogen) atoms. The standard InChI is InChI=1S/C13H15ClN2O2/c1-9-10(7-8-17)13(18-2)16(15-9)12-6-4-3-5-11(12)14/h3-6,17H,7-8H2,1-2H3. The van der Waals surface area contributed by atoms with Gasteiger partial charge in [0.1, 0.15) is 0 Å². The van der Waals surface area contributed by atoms with Gasteiger partial charge in [0, 0.05) is 18.6 Å². The van der Waals surface area contributed by atoms with Gasteiger partial charge in [-0.25, -0.2) is 0 Å². The van der Waals surface area contributed by atoms with Crippen LogP contribution in [-0.2, 0) is 6.42 Å². The molecule has 1 heterocycles. The summed E-state index contributed by atoms with van der Waals surface area (Å²) >= 11 is 6.16. The van der Waals surface area contributed by atoms with E-state index in [1.807, 2.05) is 25.1 Å². The Bertz CT molecular complexity index is 552. The van der Waals surface area contributed by atoms with Crippen molar-refractivity contribution < 1.29 is 9.84 Å². The van der Waals surface area contributed by atoms with Gasteiger partial charge in [0.05, 0.1) is 23.5 Å². The van der Waals surface area contributed by atoms with E-state index in [1.165, 1.54) is 0 Å². The van der Waals surface area contributed by atoms with Crippen molar-refractivity contribution in [2.24, 2.45) is 0 Å². The SMILES string of the molecule is COc1c(CCO)c(C)nn1-c1ccccc1Cl. The van der Waals surface area contributed by atoms with Crippen molar-refractivity contribution in [2.75, 3.05) is 13.7 Å². The predicted octanol–water partition coefficient (Wildman–Crippen LogP) is 2.38. The first-order chi connectivity index (χ1) is 8.69. The third kappa shape index (κ3) is 2.21. The van der Waals surface area contributed by atoms with Crippen LogP contribution in [0, 0.1) is 6.92 Å². The summed E-state index contributed by atoms with van der Waals surface area (Å²) < 4.78 is 7.06. The summed E-state index contributed by atoms with van der Waals surface area (Å²) in [6, 6.07) is 7.44. The number of hydrogen-bond donors (Lipinski definition) is 1. The van der Waals surface area contributed by atoms with Gasteiger partial charge in [0.25, 0.3) is 0 Å². The molecule has 0 amide bonds. The minimum Gasteiger partial charge on any atom is -0.481 e. The van der Waals surface area contributed by atoms with Gasteiger partial charge in [-0.05, 0) is 19.1 Å². The first-order valence-corrected chi connectivity index (χ1v) is 6.05. The molecule has 0 unspecified atom stereocenters. The smallest absolute Gasteiger partial charge is 0.220 e. The molecular formula is C13H15ClN2O2. The molecule has 0 saturated carbocycles. The van der Waals surface area contributed by atoms with E-state index in [0.717, 1.165) is 16.9 Å². The summed E-state index contributed by atoms with van der Waals surface area (Å²) in [5, 5.41) is 14.1. The molecule has 4 nitrogen and oxygen atoms in total. The Kier molecular flexibility index (Phi) is 3.89. The molecule has 1 N–H and O–H groups in total. The first kappa shape index (κ1) is 12.9. The molecule has 1 aromatic heterocycles. The Morgan fingerprint density at radius 2 is 2.11 bits per heavy atom. The number of rotatable bonds is 4. The summed E-state index contributed by atoms with van der Waals surface area (Å²) in [5.41, 5.74) is 2.50. The highest BCUT2D eigenvalue weighted by Gasteiger charge is 2.17. The highest BCUT2D eigenvalue weighted by atomic mass is 35.5. The van der Waals surface area contributed by atoms with Crippen LogP contribution in [0.1, 0.15) is 11.3 Å². The van der Waals surface area contributed by atoms with Gasteiger partial charge in [-0.15, -0.1) is 0 Å². The van der Waals surface area contributed by atoms with E-state index in [4.69, 9.17) is 21.4 Å². The Labute approximate surface area is 111 Å². The lowest BCUT2D eigenvalue weighted by atomic mass is 10.2. The van der Waals surface area contributed by atoms with Crippen molar-refractivity contribution in [1.29, 1.82) is 0 Å². The molecule has 0 saturated heterocycles. The van der Waals surface area contributed by atoms with Crippen LogP contribution in [0.2, 0.25) is 5.02 Å². The van der Waals surface area contributed by atoms with Gasteiger partial charge in [-0.2, -0.15) is 9.78 Å². The van der Waals surface area contributed by atoms with Crippen LogP contribution in [0.25, 0.3) is 5.69 Å². The summed E-state index contributed by atoms with van der Waals surface area (Å²) in [6.45, 7) is 1.95. The van der Waals surface area contributed by atoms with E-state index in [2.05, 4.69) is 5.10 Å². The average Bonchev–Trinajstić information content (AvgIpc) is 2.67. The van der Waals surface area contributed by atoms with Gasteiger partial charge in [-0.1, -0.05) is 23.7 Å². The van der Waals surface area contributed by atoms with Crippen molar-refractivity contribution in [3.05, 3.63) is 40.5 Å². The second-order valence-corrected chi connectivity index (χ2v) is 4.32. The normalized spacial score (nSPS) is 10.7. The molecule has 0 aliphatic heterocycles. The van der Waals surface area contributed by atoms with E-state index >= 15 is 0 Å². The molecule has 0 radical (unpaired) electrons. The molecule has 0 aliphatic rings. The van der Waals surface area contributed by atoms with Gasteiger partial charge in [-0.3, -0.25) is 0 Å². The number of hydrogen-bond acceptors (Lipinski definition) is 3. The lowest BCUT2D eigenvalue weighted by Gasteiger charge is -2.09. The third-order valence-electron chi connectivity index (χ3n) is 2.77. The number of aliphatic hydroxyl groups is 1. The molecule has 0 atom stereocenters. The van der Waals surface area contributed by atoms with Crippen LogP contribution in [0.4, 0.5) is 0 Å². The maximum Gasteiger partial charge on any atom is 0.220 e. The lowest BCUT2D eigenvalue weighted by molar-refractivity contribution is 0.295. The number of aryl methyl sites for hydroxylation is 1. The summed E-state index contributed by atoms with van der Waals surface area (Å²) in [5.74, 6) is 0.620. The van der Waals surface area contributed by atoms with E-state index in [9.17, 15) is 0 Å². The largest absolute Gasteiger partial charge is 0.481 e. The minimum absolute atomic E-state index is 0.0609. The fraction of sp³-hybridized carbons (Fsp3) is 0.308. The molecule has 2 rings (SSSR count). The zero-order chi connectivity index (χ0) is 13.1. The molecule has 0 aliphatic carbocycles. The van der Waals surface area contributed by atoms with Crippen molar-refractivity contribution >= 4 is 11.6 Å².